The van der Waals surface area contributed by atoms with Crippen molar-refractivity contribution in [3.8, 4) is 6.07 Å². The van der Waals surface area contributed by atoms with Crippen LogP contribution in [0.1, 0.15) is 18.1 Å². The molecule has 3 heterocycles. The number of halogens is 1. The van der Waals surface area contributed by atoms with Crippen molar-refractivity contribution < 1.29 is 4.39 Å². The summed E-state index contributed by atoms with van der Waals surface area (Å²) in [5.74, 6) is 0.626. The summed E-state index contributed by atoms with van der Waals surface area (Å²) in [4.78, 5) is 12.6. The second kappa shape index (κ2) is 6.71. The molecule has 1 aliphatic rings. The molecule has 1 saturated heterocycles. The molecule has 0 aromatic carbocycles. The van der Waals surface area contributed by atoms with Crippen molar-refractivity contribution in [2.75, 3.05) is 24.5 Å². The highest BCUT2D eigenvalue weighted by Crippen LogP contribution is 2.19. The maximum absolute atomic E-state index is 13.7. The molecular weight excluding hydrogens is 293 g/mol. The Morgan fingerprint density at radius 2 is 2.17 bits per heavy atom. The summed E-state index contributed by atoms with van der Waals surface area (Å²) in [6.45, 7) is 5.21. The minimum Gasteiger partial charge on any atom is -0.354 e. The molecular formula is C17H18FN5. The molecule has 5 nitrogen and oxygen atoms in total. The van der Waals surface area contributed by atoms with Crippen LogP contribution in [0.15, 0.2) is 36.8 Å². The molecule has 3 rings (SSSR count). The lowest BCUT2D eigenvalue weighted by Crippen LogP contribution is -2.51. The highest BCUT2D eigenvalue weighted by atomic mass is 19.1. The molecule has 2 aromatic rings. The Kier molecular flexibility index (Phi) is 4.49. The number of piperazine rings is 1. The van der Waals surface area contributed by atoms with E-state index >= 15 is 0 Å². The minimum atomic E-state index is -0.254. The summed E-state index contributed by atoms with van der Waals surface area (Å²) >= 11 is 0. The van der Waals surface area contributed by atoms with Crippen LogP contribution >= 0.6 is 0 Å². The van der Waals surface area contributed by atoms with Gasteiger partial charge in [-0.25, -0.2) is 9.37 Å². The van der Waals surface area contributed by atoms with E-state index < -0.39 is 0 Å². The standard InChI is InChI=1S/C17H18FN5/c1-13-11-23(17-3-2-14(8-19)9-21-17)7-6-22(13)12-15-4-5-20-10-16(15)18/h2-5,9-10,13H,6-7,11-12H2,1H3. The lowest BCUT2D eigenvalue weighted by molar-refractivity contribution is 0.178. The van der Waals surface area contributed by atoms with Crippen molar-refractivity contribution in [1.29, 1.82) is 5.26 Å². The van der Waals surface area contributed by atoms with Gasteiger partial charge in [-0.1, -0.05) is 0 Å². The molecule has 0 bridgehead atoms. The maximum Gasteiger partial charge on any atom is 0.145 e. The van der Waals surface area contributed by atoms with Gasteiger partial charge in [-0.05, 0) is 25.1 Å². The topological polar surface area (TPSA) is 56.1 Å². The van der Waals surface area contributed by atoms with Crippen LogP contribution in [0.25, 0.3) is 0 Å². The SMILES string of the molecule is CC1CN(c2ccc(C#N)cn2)CCN1Cc1ccncc1F. The van der Waals surface area contributed by atoms with Crippen LogP contribution in [-0.4, -0.2) is 40.5 Å². The van der Waals surface area contributed by atoms with Crippen LogP contribution in [0.5, 0.6) is 0 Å². The van der Waals surface area contributed by atoms with E-state index in [9.17, 15) is 4.39 Å². The third-order valence-corrected chi connectivity index (χ3v) is 4.20. The number of hydrogen-bond acceptors (Lipinski definition) is 5. The highest BCUT2D eigenvalue weighted by Gasteiger charge is 2.25. The number of rotatable bonds is 3. The largest absolute Gasteiger partial charge is 0.354 e. The number of aromatic nitrogens is 2. The Labute approximate surface area is 135 Å². The summed E-state index contributed by atoms with van der Waals surface area (Å²) in [6, 6.07) is 7.76. The fourth-order valence-electron chi connectivity index (χ4n) is 2.83. The summed E-state index contributed by atoms with van der Waals surface area (Å²) in [5, 5.41) is 8.83. The zero-order chi connectivity index (χ0) is 16.2. The molecule has 2 aromatic heterocycles. The van der Waals surface area contributed by atoms with Crippen LogP contribution in [0.2, 0.25) is 0 Å². The average molecular weight is 311 g/mol. The van der Waals surface area contributed by atoms with E-state index in [0.29, 0.717) is 17.7 Å². The Morgan fingerprint density at radius 3 is 2.83 bits per heavy atom. The van der Waals surface area contributed by atoms with Gasteiger partial charge in [-0.15, -0.1) is 0 Å². The summed E-state index contributed by atoms with van der Waals surface area (Å²) in [5.41, 5.74) is 1.24. The zero-order valence-electron chi connectivity index (χ0n) is 13.0. The van der Waals surface area contributed by atoms with Crippen molar-refractivity contribution in [1.82, 2.24) is 14.9 Å². The molecule has 0 radical (unpaired) electrons. The third-order valence-electron chi connectivity index (χ3n) is 4.20. The van der Waals surface area contributed by atoms with Crippen LogP contribution in [0.4, 0.5) is 10.2 Å². The van der Waals surface area contributed by atoms with Crippen molar-refractivity contribution in [2.24, 2.45) is 0 Å². The van der Waals surface area contributed by atoms with E-state index in [-0.39, 0.29) is 11.9 Å². The van der Waals surface area contributed by atoms with Crippen LogP contribution in [0, 0.1) is 17.1 Å². The number of nitriles is 1. The first-order valence-electron chi connectivity index (χ1n) is 7.61. The molecule has 118 valence electrons. The number of anilines is 1. The van der Waals surface area contributed by atoms with E-state index in [1.165, 1.54) is 6.20 Å². The van der Waals surface area contributed by atoms with Crippen LogP contribution in [-0.2, 0) is 6.54 Å². The van der Waals surface area contributed by atoms with E-state index in [4.69, 9.17) is 5.26 Å². The third kappa shape index (κ3) is 3.46. The summed E-state index contributed by atoms with van der Waals surface area (Å²) < 4.78 is 13.7. The lowest BCUT2D eigenvalue weighted by Gasteiger charge is -2.40. The van der Waals surface area contributed by atoms with Gasteiger partial charge in [-0.2, -0.15) is 5.26 Å². The van der Waals surface area contributed by atoms with Gasteiger partial charge in [0.25, 0.3) is 0 Å². The molecule has 1 atom stereocenters. The second-order valence-corrected chi connectivity index (χ2v) is 5.75. The molecule has 6 heteroatoms. The van der Waals surface area contributed by atoms with Crippen molar-refractivity contribution in [2.45, 2.75) is 19.5 Å². The van der Waals surface area contributed by atoms with Gasteiger partial charge in [0.05, 0.1) is 11.8 Å². The first-order chi connectivity index (χ1) is 11.2. The number of hydrogen-bond donors (Lipinski definition) is 0. The van der Waals surface area contributed by atoms with Gasteiger partial charge in [0.1, 0.15) is 17.7 Å². The monoisotopic (exact) mass is 311 g/mol. The molecule has 1 aliphatic heterocycles. The Hall–Kier alpha value is -2.52. The Balaban J connectivity index is 1.65. The van der Waals surface area contributed by atoms with Crippen molar-refractivity contribution in [3.05, 3.63) is 53.7 Å². The fraction of sp³-hybridized carbons (Fsp3) is 0.353. The molecule has 0 saturated carbocycles. The van der Waals surface area contributed by atoms with E-state index in [0.717, 1.165) is 25.5 Å². The molecule has 23 heavy (non-hydrogen) atoms. The van der Waals surface area contributed by atoms with Crippen molar-refractivity contribution in [3.63, 3.8) is 0 Å². The normalized spacial score (nSPS) is 18.7. The van der Waals surface area contributed by atoms with Crippen LogP contribution in [0.3, 0.4) is 0 Å². The smallest absolute Gasteiger partial charge is 0.145 e. The number of pyridine rings is 2. The fourth-order valence-corrected chi connectivity index (χ4v) is 2.83. The lowest BCUT2D eigenvalue weighted by atomic mass is 10.1. The zero-order valence-corrected chi connectivity index (χ0v) is 13.0. The van der Waals surface area contributed by atoms with Gasteiger partial charge >= 0.3 is 0 Å². The molecule has 1 fully saturated rings. The first kappa shape index (κ1) is 15.4. The van der Waals surface area contributed by atoms with Gasteiger partial charge in [-0.3, -0.25) is 9.88 Å². The molecule has 0 amide bonds. The quantitative estimate of drug-likeness (QED) is 0.870. The Bertz CT molecular complexity index is 710. The van der Waals surface area contributed by atoms with Gasteiger partial charge in [0.2, 0.25) is 0 Å². The molecule has 0 spiro atoms. The van der Waals surface area contributed by atoms with E-state index in [1.54, 1.807) is 24.5 Å². The maximum atomic E-state index is 13.7. The molecule has 0 N–H and O–H groups in total. The van der Waals surface area contributed by atoms with E-state index in [1.807, 2.05) is 6.07 Å². The summed E-state index contributed by atoms with van der Waals surface area (Å²) in [6.07, 6.45) is 4.48. The predicted octanol–water partition coefficient (Wildman–Crippen LogP) is 2.20. The molecule has 0 aliphatic carbocycles. The first-order valence-corrected chi connectivity index (χ1v) is 7.61. The predicted molar refractivity (Wildman–Crippen MR) is 85.2 cm³/mol. The van der Waals surface area contributed by atoms with Gasteiger partial charge < -0.3 is 4.90 Å². The molecule has 1 unspecified atom stereocenters. The average Bonchev–Trinajstić information content (AvgIpc) is 2.58. The van der Waals surface area contributed by atoms with E-state index in [2.05, 4.69) is 32.8 Å². The Morgan fingerprint density at radius 1 is 1.30 bits per heavy atom. The minimum absolute atomic E-state index is 0.254. The summed E-state index contributed by atoms with van der Waals surface area (Å²) in [7, 11) is 0. The van der Waals surface area contributed by atoms with Crippen LogP contribution < -0.4 is 4.90 Å². The highest BCUT2D eigenvalue weighted by molar-refractivity contribution is 5.42. The van der Waals surface area contributed by atoms with Gasteiger partial charge in [0, 0.05) is 50.2 Å². The second-order valence-electron chi connectivity index (χ2n) is 5.75. The number of nitrogens with zero attached hydrogens (tertiary/aromatic N) is 5. The van der Waals surface area contributed by atoms with Crippen molar-refractivity contribution >= 4 is 5.82 Å². The van der Waals surface area contributed by atoms with Gasteiger partial charge in [0.15, 0.2) is 0 Å².